The molecule has 124 valence electrons. The van der Waals surface area contributed by atoms with Crippen LogP contribution in [0.4, 0.5) is 0 Å². The molecular weight excluding hydrogens is 367 g/mol. The van der Waals surface area contributed by atoms with Gasteiger partial charge in [-0.2, -0.15) is 5.10 Å². The topological polar surface area (TPSA) is 59.0 Å². The third-order valence-electron chi connectivity index (χ3n) is 3.82. The van der Waals surface area contributed by atoms with Crippen molar-refractivity contribution >= 4 is 52.5 Å². The molecule has 1 amide bonds. The van der Waals surface area contributed by atoms with Crippen LogP contribution >= 0.6 is 35.4 Å². The summed E-state index contributed by atoms with van der Waals surface area (Å²) in [6.45, 7) is 4.27. The van der Waals surface area contributed by atoms with Crippen LogP contribution in [0.25, 0.3) is 6.08 Å². The summed E-state index contributed by atoms with van der Waals surface area (Å²) in [5.41, 5.74) is 3.78. The van der Waals surface area contributed by atoms with Crippen LogP contribution in [0.1, 0.15) is 22.5 Å². The average Bonchev–Trinajstić information content (AvgIpc) is 2.96. The van der Waals surface area contributed by atoms with Crippen LogP contribution in [-0.2, 0) is 11.3 Å². The van der Waals surface area contributed by atoms with E-state index in [0.717, 1.165) is 22.5 Å². The first-order valence-electron chi connectivity index (χ1n) is 7.17. The lowest BCUT2D eigenvalue weighted by atomic mass is 10.1. The number of aryl methyl sites for hydroxylation is 1. The molecule has 0 aliphatic carbocycles. The van der Waals surface area contributed by atoms with Gasteiger partial charge in [0.25, 0.3) is 5.91 Å². The number of thiocarbonyl (C=S) groups is 1. The molecule has 2 aromatic rings. The predicted octanol–water partition coefficient (Wildman–Crippen LogP) is 3.20. The Morgan fingerprint density at radius 2 is 1.92 bits per heavy atom. The van der Waals surface area contributed by atoms with Crippen LogP contribution in [0.2, 0.25) is 10.0 Å². The van der Waals surface area contributed by atoms with Gasteiger partial charge in [0.2, 0.25) is 0 Å². The largest absolute Gasteiger partial charge is 0.328 e. The van der Waals surface area contributed by atoms with Crippen LogP contribution in [0, 0.1) is 13.8 Å². The van der Waals surface area contributed by atoms with Gasteiger partial charge in [0.15, 0.2) is 5.11 Å². The summed E-state index contributed by atoms with van der Waals surface area (Å²) in [5.74, 6) is -0.249. The lowest BCUT2D eigenvalue weighted by molar-refractivity contribution is -0.115. The Bertz CT molecular complexity index is 868. The molecule has 0 spiro atoms. The molecule has 0 unspecified atom stereocenters. The number of hydrogen-bond donors (Lipinski definition) is 2. The number of nitrogens with zero attached hydrogens (tertiary/aromatic N) is 2. The molecule has 0 saturated carbocycles. The quantitative estimate of drug-likeness (QED) is 0.633. The Morgan fingerprint density at radius 3 is 2.50 bits per heavy atom. The number of carbonyl (C=O) groups is 1. The zero-order valence-electron chi connectivity index (χ0n) is 13.0. The molecule has 2 N–H and O–H groups in total. The lowest BCUT2D eigenvalue weighted by Crippen LogP contribution is -2.21. The molecule has 1 saturated heterocycles. The second-order valence-electron chi connectivity index (χ2n) is 5.41. The second-order valence-corrected chi connectivity index (χ2v) is 6.63. The molecular formula is C16H14Cl2N4OS. The zero-order chi connectivity index (χ0) is 17.4. The highest BCUT2D eigenvalue weighted by molar-refractivity contribution is 7.80. The number of nitrogens with one attached hydrogen (secondary N) is 2. The van der Waals surface area contributed by atoms with Crippen molar-refractivity contribution in [2.75, 3.05) is 0 Å². The van der Waals surface area contributed by atoms with E-state index in [1.807, 2.05) is 18.5 Å². The molecule has 1 aliphatic heterocycles. The summed E-state index contributed by atoms with van der Waals surface area (Å²) >= 11 is 17.4. The minimum atomic E-state index is -0.249. The Balaban J connectivity index is 1.97. The number of benzene rings is 1. The zero-order valence-corrected chi connectivity index (χ0v) is 15.3. The SMILES string of the molecule is Cc1nn(Cc2c(Cl)cccc2Cl)c(C)c1/C=C1\NC(=S)NC1=O. The van der Waals surface area contributed by atoms with Gasteiger partial charge >= 0.3 is 0 Å². The molecule has 5 nitrogen and oxygen atoms in total. The van der Waals surface area contributed by atoms with Crippen molar-refractivity contribution in [1.29, 1.82) is 0 Å². The minimum absolute atomic E-state index is 0.249. The van der Waals surface area contributed by atoms with E-state index in [1.54, 1.807) is 24.3 Å². The highest BCUT2D eigenvalue weighted by Gasteiger charge is 2.22. The molecule has 1 fully saturated rings. The molecule has 1 aromatic heterocycles. The van der Waals surface area contributed by atoms with E-state index in [-0.39, 0.29) is 5.91 Å². The van der Waals surface area contributed by atoms with Gasteiger partial charge in [0.05, 0.1) is 12.2 Å². The number of rotatable bonds is 3. The predicted molar refractivity (Wildman–Crippen MR) is 99.1 cm³/mol. The van der Waals surface area contributed by atoms with E-state index < -0.39 is 0 Å². The maximum absolute atomic E-state index is 11.8. The van der Waals surface area contributed by atoms with E-state index in [0.29, 0.717) is 27.4 Å². The van der Waals surface area contributed by atoms with Crippen molar-refractivity contribution < 1.29 is 4.79 Å². The van der Waals surface area contributed by atoms with Crippen molar-refractivity contribution in [3.05, 3.63) is 56.5 Å². The molecule has 0 bridgehead atoms. The Hall–Kier alpha value is -1.89. The molecule has 24 heavy (non-hydrogen) atoms. The molecule has 8 heteroatoms. The van der Waals surface area contributed by atoms with E-state index in [1.165, 1.54) is 0 Å². The summed E-state index contributed by atoms with van der Waals surface area (Å²) in [7, 11) is 0. The standard InChI is InChI=1S/C16H14Cl2N4OS/c1-8-10(6-14-15(23)20-16(24)19-14)9(2)22(21-8)7-11-12(17)4-3-5-13(11)18/h3-6H,7H2,1-2H3,(H2,19,20,23,24)/b14-6-. The fraction of sp³-hybridized carbons (Fsp3) is 0.188. The maximum atomic E-state index is 11.8. The monoisotopic (exact) mass is 380 g/mol. The summed E-state index contributed by atoms with van der Waals surface area (Å²) in [4.78, 5) is 11.8. The Morgan fingerprint density at radius 1 is 1.25 bits per heavy atom. The summed E-state index contributed by atoms with van der Waals surface area (Å²) in [6.07, 6.45) is 1.75. The fourth-order valence-corrected chi connectivity index (χ4v) is 3.25. The van der Waals surface area contributed by atoms with Crippen molar-refractivity contribution in [2.24, 2.45) is 0 Å². The molecule has 1 aromatic carbocycles. The highest BCUT2D eigenvalue weighted by Crippen LogP contribution is 2.26. The van der Waals surface area contributed by atoms with Crippen molar-refractivity contribution in [2.45, 2.75) is 20.4 Å². The molecule has 0 radical (unpaired) electrons. The first kappa shape index (κ1) is 17.0. The minimum Gasteiger partial charge on any atom is -0.328 e. The summed E-state index contributed by atoms with van der Waals surface area (Å²) < 4.78 is 1.82. The average molecular weight is 381 g/mol. The molecule has 0 atom stereocenters. The molecule has 3 rings (SSSR count). The van der Waals surface area contributed by atoms with Crippen LogP contribution in [0.3, 0.4) is 0 Å². The number of carbonyl (C=O) groups excluding carboxylic acids is 1. The van der Waals surface area contributed by atoms with Gasteiger partial charge in [0, 0.05) is 26.9 Å². The van der Waals surface area contributed by atoms with Crippen molar-refractivity contribution in [3.63, 3.8) is 0 Å². The first-order chi connectivity index (χ1) is 11.4. The number of aromatic nitrogens is 2. The van der Waals surface area contributed by atoms with Crippen molar-refractivity contribution in [3.8, 4) is 0 Å². The van der Waals surface area contributed by atoms with E-state index in [9.17, 15) is 4.79 Å². The summed E-state index contributed by atoms with van der Waals surface area (Å²) in [6, 6.07) is 5.40. The Kier molecular flexibility index (Phi) is 4.62. The number of amides is 1. The third kappa shape index (κ3) is 3.17. The third-order valence-corrected chi connectivity index (χ3v) is 4.73. The first-order valence-corrected chi connectivity index (χ1v) is 8.34. The van der Waals surface area contributed by atoms with Crippen LogP contribution in [0.15, 0.2) is 23.9 Å². The van der Waals surface area contributed by atoms with Gasteiger partial charge < -0.3 is 5.32 Å². The number of halogens is 2. The van der Waals surface area contributed by atoms with Gasteiger partial charge in [-0.3, -0.25) is 14.8 Å². The van der Waals surface area contributed by atoms with Crippen LogP contribution < -0.4 is 10.6 Å². The normalized spacial score (nSPS) is 15.8. The lowest BCUT2D eigenvalue weighted by Gasteiger charge is -2.09. The highest BCUT2D eigenvalue weighted by atomic mass is 35.5. The second kappa shape index (κ2) is 6.55. The fourth-order valence-electron chi connectivity index (χ4n) is 2.53. The van der Waals surface area contributed by atoms with E-state index >= 15 is 0 Å². The summed E-state index contributed by atoms with van der Waals surface area (Å²) in [5, 5.41) is 11.4. The molecule has 1 aliphatic rings. The van der Waals surface area contributed by atoms with E-state index in [2.05, 4.69) is 15.7 Å². The van der Waals surface area contributed by atoms with Crippen molar-refractivity contribution in [1.82, 2.24) is 20.4 Å². The van der Waals surface area contributed by atoms with E-state index in [4.69, 9.17) is 35.4 Å². The van der Waals surface area contributed by atoms with Gasteiger partial charge in [-0.25, -0.2) is 0 Å². The molecule has 2 heterocycles. The van der Waals surface area contributed by atoms with Gasteiger partial charge in [-0.15, -0.1) is 0 Å². The maximum Gasteiger partial charge on any atom is 0.273 e. The van der Waals surface area contributed by atoms with Gasteiger partial charge in [-0.05, 0) is 44.3 Å². The van der Waals surface area contributed by atoms with Crippen LogP contribution in [-0.4, -0.2) is 20.8 Å². The Labute approximate surface area is 154 Å². The van der Waals surface area contributed by atoms with Gasteiger partial charge in [-0.1, -0.05) is 29.3 Å². The smallest absolute Gasteiger partial charge is 0.273 e. The van der Waals surface area contributed by atoms with Crippen LogP contribution in [0.5, 0.6) is 0 Å². The van der Waals surface area contributed by atoms with Gasteiger partial charge in [0.1, 0.15) is 5.70 Å². The number of hydrogen-bond acceptors (Lipinski definition) is 3.